The Labute approximate surface area is 254 Å². The average molecular weight is 626 g/mol. The number of alkyl carbamates (subject to hydrolysis) is 1. The SMILES string of the molecule is CC(C)CNC(=O)[C@@H](Cc1cnc[nH]1)NC(=O)[C@@H](CS(=O)(=O)CC(=O)O)NC(=O)OCC1c2ccccc2-c2ccccc21. The maximum absolute atomic E-state index is 13.4. The fourth-order valence-corrected chi connectivity index (χ4v) is 6.23. The number of nitrogens with one attached hydrogen (secondary N) is 4. The molecule has 14 heteroatoms. The zero-order chi connectivity index (χ0) is 31.9. The van der Waals surface area contributed by atoms with Crippen LogP contribution in [0.25, 0.3) is 11.1 Å². The molecule has 2 atom stereocenters. The van der Waals surface area contributed by atoms with E-state index in [0.29, 0.717) is 12.2 Å². The molecule has 1 aliphatic carbocycles. The number of aromatic nitrogens is 2. The molecule has 13 nitrogen and oxygen atoms in total. The molecule has 0 spiro atoms. The number of carboxylic acids is 1. The first-order chi connectivity index (χ1) is 20.9. The van der Waals surface area contributed by atoms with Gasteiger partial charge in [0.1, 0.15) is 24.4 Å². The van der Waals surface area contributed by atoms with Gasteiger partial charge in [-0.25, -0.2) is 18.2 Å². The van der Waals surface area contributed by atoms with Crippen molar-refractivity contribution in [2.75, 3.05) is 24.7 Å². The Kier molecular flexibility index (Phi) is 10.4. The van der Waals surface area contributed by atoms with Crippen molar-refractivity contribution in [1.82, 2.24) is 25.9 Å². The highest BCUT2D eigenvalue weighted by Gasteiger charge is 2.34. The average Bonchev–Trinajstić information content (AvgIpc) is 3.59. The van der Waals surface area contributed by atoms with Crippen LogP contribution in [0.3, 0.4) is 0 Å². The first kappa shape index (κ1) is 32.2. The number of fused-ring (bicyclic) bond motifs is 3. The molecule has 0 fully saturated rings. The van der Waals surface area contributed by atoms with Gasteiger partial charge in [0.15, 0.2) is 9.84 Å². The molecule has 5 N–H and O–H groups in total. The summed E-state index contributed by atoms with van der Waals surface area (Å²) in [6.45, 7) is 4.01. The lowest BCUT2D eigenvalue weighted by Gasteiger charge is -2.23. The van der Waals surface area contributed by atoms with E-state index in [1.54, 1.807) is 0 Å². The summed E-state index contributed by atoms with van der Waals surface area (Å²) in [5.74, 6) is -5.61. The lowest BCUT2D eigenvalue weighted by molar-refractivity contribution is -0.134. The molecule has 1 heterocycles. The zero-order valence-corrected chi connectivity index (χ0v) is 25.1. The molecule has 0 radical (unpaired) electrons. The van der Waals surface area contributed by atoms with Crippen LogP contribution in [0.4, 0.5) is 4.79 Å². The van der Waals surface area contributed by atoms with E-state index in [-0.39, 0.29) is 24.9 Å². The van der Waals surface area contributed by atoms with Crippen LogP contribution in [0.15, 0.2) is 61.1 Å². The van der Waals surface area contributed by atoms with Crippen molar-refractivity contribution in [2.45, 2.75) is 38.3 Å². The predicted octanol–water partition coefficient (Wildman–Crippen LogP) is 1.62. The molecule has 0 saturated carbocycles. The number of hydrogen-bond donors (Lipinski definition) is 5. The molecule has 0 unspecified atom stereocenters. The number of imidazole rings is 1. The third-order valence-corrected chi connectivity index (χ3v) is 8.54. The van der Waals surface area contributed by atoms with Gasteiger partial charge in [-0.1, -0.05) is 62.4 Å². The number of H-pyrrole nitrogens is 1. The Morgan fingerprint density at radius 1 is 0.955 bits per heavy atom. The molecule has 3 aromatic rings. The number of benzene rings is 2. The molecule has 0 aliphatic heterocycles. The Bertz CT molecular complexity index is 1560. The molecule has 1 aromatic heterocycles. The Morgan fingerprint density at radius 2 is 1.59 bits per heavy atom. The highest BCUT2D eigenvalue weighted by molar-refractivity contribution is 7.92. The summed E-state index contributed by atoms with van der Waals surface area (Å²) in [6.07, 6.45) is 1.79. The van der Waals surface area contributed by atoms with Gasteiger partial charge in [0.05, 0.1) is 12.1 Å². The first-order valence-corrected chi connectivity index (χ1v) is 15.8. The number of hydrogen-bond acceptors (Lipinski definition) is 8. The summed E-state index contributed by atoms with van der Waals surface area (Å²) in [7, 11) is -4.36. The predicted molar refractivity (Wildman–Crippen MR) is 160 cm³/mol. The minimum Gasteiger partial charge on any atom is -0.480 e. The topological polar surface area (TPSA) is 197 Å². The molecular weight excluding hydrogens is 590 g/mol. The monoisotopic (exact) mass is 625 g/mol. The lowest BCUT2D eigenvalue weighted by atomic mass is 9.98. The van der Waals surface area contributed by atoms with Crippen molar-refractivity contribution in [1.29, 1.82) is 0 Å². The number of aromatic amines is 1. The second-order valence-electron chi connectivity index (χ2n) is 11.0. The number of nitrogens with zero attached hydrogens (tertiary/aromatic N) is 1. The Morgan fingerprint density at radius 3 is 2.16 bits per heavy atom. The minimum atomic E-state index is -4.36. The van der Waals surface area contributed by atoms with Gasteiger partial charge < -0.3 is 30.8 Å². The molecule has 4 rings (SSSR count). The molecule has 2 aromatic carbocycles. The molecular formula is C30H35N5O8S. The number of amides is 3. The van der Waals surface area contributed by atoms with E-state index in [1.165, 1.54) is 12.5 Å². The van der Waals surface area contributed by atoms with Crippen LogP contribution in [-0.2, 0) is 35.4 Å². The van der Waals surface area contributed by atoms with Gasteiger partial charge in [0, 0.05) is 30.8 Å². The highest BCUT2D eigenvalue weighted by Crippen LogP contribution is 2.44. The van der Waals surface area contributed by atoms with Gasteiger partial charge in [-0.2, -0.15) is 0 Å². The molecule has 0 saturated heterocycles. The summed E-state index contributed by atoms with van der Waals surface area (Å²) in [5.41, 5.74) is 4.44. The maximum atomic E-state index is 13.4. The van der Waals surface area contributed by atoms with Crippen LogP contribution in [0.2, 0.25) is 0 Å². The second-order valence-corrected chi connectivity index (χ2v) is 13.1. The van der Waals surface area contributed by atoms with Gasteiger partial charge in [-0.15, -0.1) is 0 Å². The molecule has 0 bridgehead atoms. The maximum Gasteiger partial charge on any atom is 0.407 e. The van der Waals surface area contributed by atoms with Crippen molar-refractivity contribution >= 4 is 33.7 Å². The van der Waals surface area contributed by atoms with E-state index in [1.807, 2.05) is 62.4 Å². The van der Waals surface area contributed by atoms with Gasteiger partial charge in [-0.05, 0) is 28.2 Å². The third kappa shape index (κ3) is 8.43. The van der Waals surface area contributed by atoms with Gasteiger partial charge in [0.2, 0.25) is 11.8 Å². The van der Waals surface area contributed by atoms with Gasteiger partial charge in [0.25, 0.3) is 0 Å². The van der Waals surface area contributed by atoms with E-state index >= 15 is 0 Å². The van der Waals surface area contributed by atoms with Crippen molar-refractivity contribution in [3.05, 3.63) is 77.9 Å². The summed E-state index contributed by atoms with van der Waals surface area (Å²) >= 11 is 0. The number of carbonyl (C=O) groups is 4. The fraction of sp³-hybridized carbons (Fsp3) is 0.367. The van der Waals surface area contributed by atoms with Gasteiger partial charge >= 0.3 is 12.1 Å². The largest absolute Gasteiger partial charge is 0.480 e. The number of aliphatic carboxylic acids is 1. The van der Waals surface area contributed by atoms with E-state index in [2.05, 4.69) is 25.9 Å². The van der Waals surface area contributed by atoms with E-state index in [0.717, 1.165) is 22.3 Å². The van der Waals surface area contributed by atoms with Crippen LogP contribution in [0.1, 0.15) is 36.6 Å². The zero-order valence-electron chi connectivity index (χ0n) is 24.3. The normalized spacial score (nSPS) is 13.8. The Hall–Kier alpha value is -4.72. The highest BCUT2D eigenvalue weighted by atomic mass is 32.2. The van der Waals surface area contributed by atoms with Crippen LogP contribution in [-0.4, -0.2) is 84.1 Å². The van der Waals surface area contributed by atoms with E-state index in [4.69, 9.17) is 9.84 Å². The van der Waals surface area contributed by atoms with Crippen molar-refractivity contribution in [3.8, 4) is 11.1 Å². The number of rotatable bonds is 14. The van der Waals surface area contributed by atoms with Crippen LogP contribution in [0, 0.1) is 5.92 Å². The molecule has 44 heavy (non-hydrogen) atoms. The van der Waals surface area contributed by atoms with Crippen molar-refractivity contribution < 1.29 is 37.4 Å². The number of carbonyl (C=O) groups excluding carboxylic acids is 3. The molecule has 3 amide bonds. The van der Waals surface area contributed by atoms with Gasteiger partial charge in [-0.3, -0.25) is 14.4 Å². The summed E-state index contributed by atoms with van der Waals surface area (Å²) in [5, 5.41) is 16.6. The van der Waals surface area contributed by atoms with E-state index in [9.17, 15) is 27.6 Å². The van der Waals surface area contributed by atoms with Crippen LogP contribution in [0.5, 0.6) is 0 Å². The number of sulfone groups is 1. The standard InChI is InChI=1S/C30H35N5O8S/c1-18(2)12-32-28(38)25(11-19-13-31-17-33-19)34-29(39)26(15-44(41,42)16-27(36)37)35-30(40)43-14-24-22-9-5-3-7-20(22)21-8-4-6-10-23(21)24/h3-10,13,17-18,24-26H,11-12,14-16H2,1-2H3,(H,31,33)(H,32,38)(H,34,39)(H,35,40)(H,36,37)/t25-,26-/m1/s1. The fourth-order valence-electron chi connectivity index (χ4n) is 4.99. The number of ether oxygens (including phenoxy) is 1. The van der Waals surface area contributed by atoms with Crippen molar-refractivity contribution in [3.63, 3.8) is 0 Å². The van der Waals surface area contributed by atoms with Crippen molar-refractivity contribution in [2.24, 2.45) is 5.92 Å². The second kappa shape index (κ2) is 14.2. The van der Waals surface area contributed by atoms with Crippen LogP contribution < -0.4 is 16.0 Å². The summed E-state index contributed by atoms with van der Waals surface area (Å²) < 4.78 is 30.7. The summed E-state index contributed by atoms with van der Waals surface area (Å²) in [6, 6.07) is 12.5. The number of carboxylic acid groups (broad SMARTS) is 1. The first-order valence-electron chi connectivity index (χ1n) is 14.0. The smallest absolute Gasteiger partial charge is 0.407 e. The Balaban J connectivity index is 1.50. The van der Waals surface area contributed by atoms with Crippen LogP contribution >= 0.6 is 0 Å². The van der Waals surface area contributed by atoms with E-state index < -0.39 is 57.3 Å². The minimum absolute atomic E-state index is 0.00475. The third-order valence-electron chi connectivity index (χ3n) is 7.01. The molecule has 234 valence electrons. The molecule has 1 aliphatic rings. The quantitative estimate of drug-likeness (QED) is 0.177. The lowest BCUT2D eigenvalue weighted by Crippen LogP contribution is -2.56. The summed E-state index contributed by atoms with van der Waals surface area (Å²) in [4.78, 5) is 57.3.